The Morgan fingerprint density at radius 1 is 1.48 bits per heavy atom. The van der Waals surface area contributed by atoms with Crippen LogP contribution >= 0.6 is 0 Å². The van der Waals surface area contributed by atoms with Crippen LogP contribution in [0, 0.1) is 29.1 Å². The molecular formula is C20H30O5. The molecule has 25 heavy (non-hydrogen) atoms. The maximum Gasteiger partial charge on any atom is 0.334 e. The predicted molar refractivity (Wildman–Crippen MR) is 92.4 cm³/mol. The number of hydrogen-bond acceptors (Lipinski definition) is 5. The van der Waals surface area contributed by atoms with Crippen molar-refractivity contribution in [3.05, 3.63) is 12.2 Å². The third-order valence-electron chi connectivity index (χ3n) is 6.69. The molecule has 2 heterocycles. The number of rotatable bonds is 3. The van der Waals surface area contributed by atoms with Crippen molar-refractivity contribution < 1.29 is 23.8 Å². The quantitative estimate of drug-likeness (QED) is 0.576. The first kappa shape index (κ1) is 18.4. The maximum absolute atomic E-state index is 12.4. The maximum atomic E-state index is 12.4. The zero-order valence-corrected chi connectivity index (χ0v) is 15.7. The van der Waals surface area contributed by atoms with Gasteiger partial charge in [-0.1, -0.05) is 34.3 Å². The summed E-state index contributed by atoms with van der Waals surface area (Å²) >= 11 is 0. The van der Waals surface area contributed by atoms with E-state index in [2.05, 4.69) is 20.4 Å². The van der Waals surface area contributed by atoms with Crippen molar-refractivity contribution in [1.82, 2.24) is 0 Å². The molecule has 3 aliphatic rings. The molecule has 3 fully saturated rings. The van der Waals surface area contributed by atoms with Gasteiger partial charge in [0.2, 0.25) is 6.29 Å². The Morgan fingerprint density at radius 3 is 2.88 bits per heavy atom. The number of carbonyl (C=O) groups is 2. The van der Waals surface area contributed by atoms with Gasteiger partial charge in [0.25, 0.3) is 0 Å². The normalized spacial score (nSPS) is 42.0. The van der Waals surface area contributed by atoms with Gasteiger partial charge < -0.3 is 14.2 Å². The largest absolute Gasteiger partial charge is 0.458 e. The molecule has 0 unspecified atom stereocenters. The Morgan fingerprint density at radius 2 is 2.20 bits per heavy atom. The summed E-state index contributed by atoms with van der Waals surface area (Å²) in [6.45, 7) is 12.8. The first-order valence-corrected chi connectivity index (χ1v) is 9.49. The highest BCUT2D eigenvalue weighted by Gasteiger charge is 2.56. The third kappa shape index (κ3) is 3.12. The van der Waals surface area contributed by atoms with E-state index in [1.807, 2.05) is 13.8 Å². The molecule has 0 spiro atoms. The lowest BCUT2D eigenvalue weighted by Gasteiger charge is -2.48. The van der Waals surface area contributed by atoms with Gasteiger partial charge in [0.15, 0.2) is 0 Å². The summed E-state index contributed by atoms with van der Waals surface area (Å²) in [6.07, 6.45) is 2.54. The van der Waals surface area contributed by atoms with Crippen LogP contribution < -0.4 is 0 Å². The second-order valence-electron chi connectivity index (χ2n) is 8.34. The number of hydrogen-bond donors (Lipinski definition) is 0. The summed E-state index contributed by atoms with van der Waals surface area (Å²) in [5, 5.41) is 0. The number of carbonyl (C=O) groups excluding carboxylic acids is 2. The Hall–Kier alpha value is -1.36. The third-order valence-corrected chi connectivity index (χ3v) is 6.69. The summed E-state index contributed by atoms with van der Waals surface area (Å²) in [5.41, 5.74) is 0.216. The van der Waals surface area contributed by atoms with E-state index in [1.165, 1.54) is 0 Å². The Kier molecular flexibility index (Phi) is 4.97. The lowest BCUT2D eigenvalue weighted by Crippen LogP contribution is -2.50. The first-order valence-electron chi connectivity index (χ1n) is 9.49. The van der Waals surface area contributed by atoms with E-state index in [-0.39, 0.29) is 35.3 Å². The van der Waals surface area contributed by atoms with Gasteiger partial charge in [0, 0.05) is 16.9 Å². The molecule has 0 N–H and O–H groups in total. The van der Waals surface area contributed by atoms with Crippen molar-refractivity contribution in [3.63, 3.8) is 0 Å². The molecule has 2 saturated heterocycles. The van der Waals surface area contributed by atoms with Gasteiger partial charge in [-0.3, -0.25) is 4.79 Å². The Bertz CT molecular complexity index is 570. The van der Waals surface area contributed by atoms with Gasteiger partial charge in [0.05, 0.1) is 12.5 Å². The monoisotopic (exact) mass is 350 g/mol. The van der Waals surface area contributed by atoms with E-state index >= 15 is 0 Å². The lowest BCUT2D eigenvalue weighted by atomic mass is 9.65. The second-order valence-corrected chi connectivity index (χ2v) is 8.34. The topological polar surface area (TPSA) is 61.8 Å². The molecule has 7 atom stereocenters. The predicted octanol–water partition coefficient (Wildman–Crippen LogP) is 3.47. The standard InChI is InChI=1S/C20H30O5/c1-6-11(2)17(21)25-19-20(5)10-14-13(4)18(22)24-16(14)9-12(3)15(20)7-8-23-19/h11-12,14-16,19H,4,6-10H2,1-3,5H3/t11-,12-,14-,15+,16+,19+,20+/m1/s1. The molecule has 2 aliphatic heterocycles. The fourth-order valence-electron chi connectivity index (χ4n) is 4.88. The van der Waals surface area contributed by atoms with Crippen LogP contribution in [0.4, 0.5) is 0 Å². The number of esters is 2. The highest BCUT2D eigenvalue weighted by atomic mass is 16.7. The molecule has 1 saturated carbocycles. The highest BCUT2D eigenvalue weighted by molar-refractivity contribution is 5.90. The van der Waals surface area contributed by atoms with E-state index in [0.717, 1.165) is 19.3 Å². The van der Waals surface area contributed by atoms with E-state index < -0.39 is 6.29 Å². The fourth-order valence-corrected chi connectivity index (χ4v) is 4.88. The fraction of sp³-hybridized carbons (Fsp3) is 0.800. The van der Waals surface area contributed by atoms with Crippen LogP contribution in [0.1, 0.15) is 53.4 Å². The smallest absolute Gasteiger partial charge is 0.334 e. The van der Waals surface area contributed by atoms with Crippen molar-refractivity contribution >= 4 is 11.9 Å². The van der Waals surface area contributed by atoms with Crippen molar-refractivity contribution in [2.75, 3.05) is 6.61 Å². The van der Waals surface area contributed by atoms with Crippen LogP contribution in [0.15, 0.2) is 12.2 Å². The van der Waals surface area contributed by atoms with Crippen LogP contribution in [0.2, 0.25) is 0 Å². The molecule has 1 aliphatic carbocycles. The minimum atomic E-state index is -0.572. The van der Waals surface area contributed by atoms with Crippen molar-refractivity contribution in [3.8, 4) is 0 Å². The van der Waals surface area contributed by atoms with Crippen LogP contribution in [-0.2, 0) is 23.8 Å². The van der Waals surface area contributed by atoms with Crippen LogP contribution in [-0.4, -0.2) is 30.9 Å². The van der Waals surface area contributed by atoms with Crippen molar-refractivity contribution in [1.29, 1.82) is 0 Å². The van der Waals surface area contributed by atoms with Crippen LogP contribution in [0.3, 0.4) is 0 Å². The average Bonchev–Trinajstić information content (AvgIpc) is 2.76. The average molecular weight is 350 g/mol. The van der Waals surface area contributed by atoms with Crippen molar-refractivity contribution in [2.45, 2.75) is 65.8 Å². The molecule has 0 radical (unpaired) electrons. The van der Waals surface area contributed by atoms with Crippen LogP contribution in [0.25, 0.3) is 0 Å². The minimum absolute atomic E-state index is 0.0172. The molecule has 5 nitrogen and oxygen atoms in total. The lowest BCUT2D eigenvalue weighted by molar-refractivity contribution is -0.249. The van der Waals surface area contributed by atoms with Crippen LogP contribution in [0.5, 0.6) is 0 Å². The molecule has 0 amide bonds. The molecule has 0 aromatic carbocycles. The van der Waals surface area contributed by atoms with E-state index in [9.17, 15) is 9.59 Å². The first-order chi connectivity index (χ1) is 11.8. The SMILES string of the molecule is C=C1C(=O)O[C@H]2C[C@@H](C)[C@@H]3CCO[C@@H](OC(=O)[C@H](C)CC)[C@@]3(C)C[C@H]12. The van der Waals surface area contributed by atoms with Gasteiger partial charge >= 0.3 is 11.9 Å². The molecule has 0 bridgehead atoms. The molecule has 5 heteroatoms. The van der Waals surface area contributed by atoms with Gasteiger partial charge in [-0.15, -0.1) is 0 Å². The van der Waals surface area contributed by atoms with Crippen molar-refractivity contribution in [2.24, 2.45) is 29.1 Å². The van der Waals surface area contributed by atoms with Gasteiger partial charge in [0.1, 0.15) is 6.10 Å². The molecule has 0 aromatic rings. The zero-order chi connectivity index (χ0) is 18.4. The summed E-state index contributed by atoms with van der Waals surface area (Å²) in [4.78, 5) is 24.3. The second kappa shape index (κ2) is 6.75. The van der Waals surface area contributed by atoms with Gasteiger partial charge in [-0.05, 0) is 37.5 Å². The molecule has 140 valence electrons. The van der Waals surface area contributed by atoms with E-state index in [1.54, 1.807) is 0 Å². The Balaban J connectivity index is 1.88. The Labute approximate surface area is 150 Å². The molecular weight excluding hydrogens is 320 g/mol. The van der Waals surface area contributed by atoms with Gasteiger partial charge in [-0.2, -0.15) is 0 Å². The number of fused-ring (bicyclic) bond motifs is 2. The van der Waals surface area contributed by atoms with E-state index in [0.29, 0.717) is 30.4 Å². The summed E-state index contributed by atoms with van der Waals surface area (Å²) < 4.78 is 17.3. The van der Waals surface area contributed by atoms with Gasteiger partial charge in [-0.25, -0.2) is 4.79 Å². The molecule has 3 rings (SSSR count). The number of ether oxygens (including phenoxy) is 3. The highest BCUT2D eigenvalue weighted by Crippen LogP contribution is 2.54. The zero-order valence-electron chi connectivity index (χ0n) is 15.7. The van der Waals surface area contributed by atoms with E-state index in [4.69, 9.17) is 14.2 Å². The molecule has 0 aromatic heterocycles. The summed E-state index contributed by atoms with van der Waals surface area (Å²) in [5.74, 6) is 0.0846. The summed E-state index contributed by atoms with van der Waals surface area (Å²) in [6, 6.07) is 0. The summed E-state index contributed by atoms with van der Waals surface area (Å²) in [7, 11) is 0. The minimum Gasteiger partial charge on any atom is -0.458 e.